The monoisotopic (exact) mass is 523 g/mol. The summed E-state index contributed by atoms with van der Waals surface area (Å²) in [6.07, 6.45) is 12.7. The minimum absolute atomic E-state index is 0.873. The van der Waals surface area contributed by atoms with Crippen LogP contribution in [0.5, 0.6) is 11.5 Å². The van der Waals surface area contributed by atoms with Gasteiger partial charge < -0.3 is 4.74 Å². The Bertz CT molecular complexity index is 2230. The summed E-state index contributed by atoms with van der Waals surface area (Å²) < 4.78 is 7.05. The zero-order chi connectivity index (χ0) is 26.9. The topological polar surface area (TPSA) is 22.1 Å². The molecule has 0 unspecified atom stereocenters. The van der Waals surface area contributed by atoms with E-state index in [1.165, 1.54) is 60.3 Å². The van der Waals surface area contributed by atoms with Crippen LogP contribution in [0, 0.1) is 0 Å². The van der Waals surface area contributed by atoms with Gasteiger partial charge in [-0.25, -0.2) is 0 Å². The Balaban J connectivity index is 1.33. The maximum Gasteiger partial charge on any atom is 0.143 e. The molecule has 0 saturated heterocycles. The fourth-order valence-electron chi connectivity index (χ4n) is 7.03. The highest BCUT2D eigenvalue weighted by Gasteiger charge is 2.24. The molecule has 0 bridgehead atoms. The van der Waals surface area contributed by atoms with Gasteiger partial charge in [0.25, 0.3) is 0 Å². The maximum atomic E-state index is 7.05. The zero-order valence-corrected chi connectivity index (χ0v) is 22.4. The number of rotatable bonds is 3. The highest BCUT2D eigenvalue weighted by Crippen LogP contribution is 2.48. The summed E-state index contributed by atoms with van der Waals surface area (Å²) in [5.41, 5.74) is 7.78. The van der Waals surface area contributed by atoms with Gasteiger partial charge in [-0.2, -0.15) is 0 Å². The van der Waals surface area contributed by atoms with Crippen molar-refractivity contribution in [1.82, 2.24) is 4.98 Å². The first kappa shape index (κ1) is 22.6. The second-order valence-electron chi connectivity index (χ2n) is 11.0. The van der Waals surface area contributed by atoms with E-state index >= 15 is 0 Å². The molecule has 192 valence electrons. The Morgan fingerprint density at radius 2 is 1.41 bits per heavy atom. The predicted molar refractivity (Wildman–Crippen MR) is 172 cm³/mol. The molecule has 0 radical (unpaired) electrons. The van der Waals surface area contributed by atoms with Gasteiger partial charge in [-0.1, -0.05) is 103 Å². The fraction of sp³-hybridized carbons (Fsp3) is 0.0513. The molecule has 0 aliphatic heterocycles. The van der Waals surface area contributed by atoms with Gasteiger partial charge in [-0.3, -0.25) is 4.98 Å². The van der Waals surface area contributed by atoms with Crippen molar-refractivity contribution in [3.8, 4) is 22.6 Å². The van der Waals surface area contributed by atoms with Crippen molar-refractivity contribution in [2.24, 2.45) is 0 Å². The summed E-state index contributed by atoms with van der Waals surface area (Å²) in [6.45, 7) is 0. The van der Waals surface area contributed by atoms with Gasteiger partial charge in [0.15, 0.2) is 0 Å². The second kappa shape index (κ2) is 8.64. The molecule has 2 heteroatoms. The summed E-state index contributed by atoms with van der Waals surface area (Å²) in [5.74, 6) is 1.81. The van der Waals surface area contributed by atoms with Gasteiger partial charge in [0, 0.05) is 34.1 Å². The lowest BCUT2D eigenvalue weighted by atomic mass is 9.81. The molecule has 0 fully saturated rings. The first-order valence-corrected chi connectivity index (χ1v) is 14.2. The summed E-state index contributed by atoms with van der Waals surface area (Å²) in [5, 5.41) is 9.51. The summed E-state index contributed by atoms with van der Waals surface area (Å²) >= 11 is 0. The zero-order valence-electron chi connectivity index (χ0n) is 22.4. The number of nitrogens with zero attached hydrogens (tertiary/aromatic N) is 1. The quantitative estimate of drug-likeness (QED) is 0.215. The van der Waals surface area contributed by atoms with Gasteiger partial charge in [0.1, 0.15) is 11.5 Å². The highest BCUT2D eigenvalue weighted by atomic mass is 16.5. The molecule has 2 aliphatic carbocycles. The molecule has 41 heavy (non-hydrogen) atoms. The van der Waals surface area contributed by atoms with Crippen LogP contribution in [0.3, 0.4) is 0 Å². The van der Waals surface area contributed by atoms with E-state index in [9.17, 15) is 0 Å². The smallest absolute Gasteiger partial charge is 0.143 e. The van der Waals surface area contributed by atoms with E-state index in [0.717, 1.165) is 40.5 Å². The molecule has 7 aromatic rings. The van der Waals surface area contributed by atoms with Crippen LogP contribution in [0.15, 0.2) is 122 Å². The Kier molecular flexibility index (Phi) is 4.76. The van der Waals surface area contributed by atoms with Crippen LogP contribution in [0.2, 0.25) is 0 Å². The molecule has 0 saturated carbocycles. The van der Waals surface area contributed by atoms with Crippen LogP contribution in [0.25, 0.3) is 65.9 Å². The lowest BCUT2D eigenvalue weighted by Crippen LogP contribution is -2.04. The van der Waals surface area contributed by atoms with E-state index in [4.69, 9.17) is 4.74 Å². The summed E-state index contributed by atoms with van der Waals surface area (Å²) in [6, 6.07) is 34.8. The van der Waals surface area contributed by atoms with Crippen molar-refractivity contribution >= 4 is 54.7 Å². The molecule has 0 N–H and O–H groups in total. The average Bonchev–Trinajstić information content (AvgIpc) is 3.04. The third kappa shape index (κ3) is 3.28. The van der Waals surface area contributed by atoms with Crippen molar-refractivity contribution in [3.63, 3.8) is 0 Å². The van der Waals surface area contributed by atoms with Gasteiger partial charge in [0.2, 0.25) is 0 Å². The lowest BCUT2D eigenvalue weighted by Gasteiger charge is -2.25. The van der Waals surface area contributed by atoms with Crippen molar-refractivity contribution in [2.75, 3.05) is 0 Å². The van der Waals surface area contributed by atoms with E-state index < -0.39 is 0 Å². The molecule has 1 heterocycles. The number of allylic oxidation sites excluding steroid dienone is 3. The van der Waals surface area contributed by atoms with Crippen molar-refractivity contribution < 1.29 is 4.74 Å². The van der Waals surface area contributed by atoms with Gasteiger partial charge >= 0.3 is 0 Å². The van der Waals surface area contributed by atoms with Crippen LogP contribution in [0.1, 0.15) is 23.1 Å². The molecule has 0 amide bonds. The van der Waals surface area contributed by atoms with Crippen molar-refractivity contribution in [2.45, 2.75) is 12.8 Å². The van der Waals surface area contributed by atoms with Crippen molar-refractivity contribution in [3.05, 3.63) is 138 Å². The van der Waals surface area contributed by atoms with Crippen LogP contribution in [-0.4, -0.2) is 4.98 Å². The lowest BCUT2D eigenvalue weighted by molar-refractivity contribution is 0.489. The van der Waals surface area contributed by atoms with Crippen molar-refractivity contribution in [1.29, 1.82) is 0 Å². The average molecular weight is 524 g/mol. The number of benzene rings is 6. The van der Waals surface area contributed by atoms with Crippen LogP contribution < -0.4 is 4.74 Å². The number of pyridine rings is 1. The standard InChI is InChI=1S/C39H25NO/c1-2-11-28-24(7-1)8-6-14-29(28)38-30-12-3-4-13-31(30)39(32-21-22-40-23-34(32)38)41-35-20-18-27-16-15-25-9-5-10-26-17-19-33(35)37(27)36(25)26/h1-9,11-18,20-23H,10,19H2. The maximum absolute atomic E-state index is 7.05. The van der Waals surface area contributed by atoms with Crippen LogP contribution in [0.4, 0.5) is 0 Å². The van der Waals surface area contributed by atoms with E-state index in [2.05, 4.69) is 120 Å². The normalized spacial score (nSPS) is 13.7. The Labute approximate surface area is 237 Å². The minimum atomic E-state index is 0.873. The molecular formula is C39H25NO. The molecule has 0 spiro atoms. The molecule has 2 aliphatic rings. The number of ether oxygens (including phenoxy) is 1. The van der Waals surface area contributed by atoms with Gasteiger partial charge in [-0.05, 0) is 79.7 Å². The second-order valence-corrected chi connectivity index (χ2v) is 11.0. The molecule has 0 atom stereocenters. The highest BCUT2D eigenvalue weighted by molar-refractivity contribution is 6.20. The third-order valence-electron chi connectivity index (χ3n) is 8.84. The van der Waals surface area contributed by atoms with E-state index in [-0.39, 0.29) is 0 Å². The molecule has 6 aromatic carbocycles. The van der Waals surface area contributed by atoms with E-state index in [1.54, 1.807) is 0 Å². The predicted octanol–water partition coefficient (Wildman–Crippen LogP) is 10.5. The fourth-order valence-corrected chi connectivity index (χ4v) is 7.03. The first-order valence-electron chi connectivity index (χ1n) is 14.2. The molecule has 9 rings (SSSR count). The number of aromatic nitrogens is 1. The largest absolute Gasteiger partial charge is 0.456 e. The SMILES string of the molecule is C1=Cc2ccc3ccc(Oc4c5ccccc5c(-c5cccc6ccccc56)c5cnccc45)c4c3c2C(=CC4)C1. The third-order valence-corrected chi connectivity index (χ3v) is 8.84. The number of hydrogen-bond donors (Lipinski definition) is 0. The molecular weight excluding hydrogens is 498 g/mol. The Hall–Kier alpha value is -5.21. The Morgan fingerprint density at radius 3 is 2.37 bits per heavy atom. The molecule has 2 nitrogen and oxygen atoms in total. The van der Waals surface area contributed by atoms with Gasteiger partial charge in [0.05, 0.1) is 0 Å². The van der Waals surface area contributed by atoms with Gasteiger partial charge in [-0.15, -0.1) is 0 Å². The van der Waals surface area contributed by atoms with E-state index in [1.807, 2.05) is 12.4 Å². The van der Waals surface area contributed by atoms with E-state index in [0.29, 0.717) is 0 Å². The summed E-state index contributed by atoms with van der Waals surface area (Å²) in [4.78, 5) is 4.59. The van der Waals surface area contributed by atoms with Crippen LogP contribution in [-0.2, 0) is 6.42 Å². The number of hydrogen-bond acceptors (Lipinski definition) is 2. The van der Waals surface area contributed by atoms with Crippen LogP contribution >= 0.6 is 0 Å². The Morgan fingerprint density at radius 1 is 0.610 bits per heavy atom. The molecule has 1 aromatic heterocycles. The minimum Gasteiger partial charge on any atom is -0.456 e. The number of fused-ring (bicyclic) bond motifs is 3. The summed E-state index contributed by atoms with van der Waals surface area (Å²) in [7, 11) is 0. The first-order chi connectivity index (χ1) is 20.3.